The van der Waals surface area contributed by atoms with Crippen LogP contribution in [-0.2, 0) is 11.3 Å². The van der Waals surface area contributed by atoms with Crippen LogP contribution in [0.5, 0.6) is 0 Å². The number of esters is 1. The molecular weight excluding hydrogens is 220 g/mol. The van der Waals surface area contributed by atoms with Crippen molar-refractivity contribution in [1.82, 2.24) is 14.8 Å². The number of nitrogen functional groups attached to an aromatic ring is 1. The molecule has 6 nitrogen and oxygen atoms in total. The molecule has 0 bridgehead atoms. The molecule has 0 aliphatic carbocycles. The van der Waals surface area contributed by atoms with E-state index in [2.05, 4.69) is 14.8 Å². The number of hydrogen-bond acceptors (Lipinski definition) is 5. The lowest BCUT2D eigenvalue weighted by molar-refractivity contribution is 0.0600. The van der Waals surface area contributed by atoms with E-state index in [4.69, 9.17) is 5.73 Å². The number of nitrogens with zero attached hydrogens (tertiary/aromatic N) is 3. The van der Waals surface area contributed by atoms with Crippen LogP contribution in [0.15, 0.2) is 30.9 Å². The van der Waals surface area contributed by atoms with Crippen LogP contribution in [0.4, 0.5) is 5.69 Å². The number of ether oxygens (including phenoxy) is 1. The molecule has 0 unspecified atom stereocenters. The first-order chi connectivity index (χ1) is 8.19. The molecule has 0 radical (unpaired) electrons. The topological polar surface area (TPSA) is 83.0 Å². The maximum Gasteiger partial charge on any atom is 0.337 e. The molecule has 2 aromatic rings. The maximum absolute atomic E-state index is 11.4. The van der Waals surface area contributed by atoms with Crippen molar-refractivity contribution in [3.8, 4) is 0 Å². The van der Waals surface area contributed by atoms with E-state index in [0.717, 1.165) is 5.56 Å². The van der Waals surface area contributed by atoms with Gasteiger partial charge in [-0.25, -0.2) is 14.5 Å². The number of rotatable bonds is 3. The molecule has 1 aromatic carbocycles. The van der Waals surface area contributed by atoms with Gasteiger partial charge in [-0.3, -0.25) is 0 Å². The predicted molar refractivity (Wildman–Crippen MR) is 61.3 cm³/mol. The Morgan fingerprint density at radius 2 is 2.29 bits per heavy atom. The summed E-state index contributed by atoms with van der Waals surface area (Å²) in [5.74, 6) is -0.405. The van der Waals surface area contributed by atoms with Crippen molar-refractivity contribution in [2.24, 2.45) is 0 Å². The van der Waals surface area contributed by atoms with Gasteiger partial charge in [0.05, 0.1) is 19.2 Å². The predicted octanol–water partition coefficient (Wildman–Crippen LogP) is 0.695. The lowest BCUT2D eigenvalue weighted by Crippen LogP contribution is -2.06. The number of carbonyl (C=O) groups excluding carboxylic acids is 1. The molecule has 0 aliphatic heterocycles. The molecular formula is C11H12N4O2. The van der Waals surface area contributed by atoms with Gasteiger partial charge in [-0.15, -0.1) is 0 Å². The number of benzene rings is 1. The van der Waals surface area contributed by atoms with Gasteiger partial charge in [0.15, 0.2) is 0 Å². The van der Waals surface area contributed by atoms with E-state index in [1.807, 2.05) is 0 Å². The van der Waals surface area contributed by atoms with Gasteiger partial charge in [-0.05, 0) is 23.8 Å². The summed E-state index contributed by atoms with van der Waals surface area (Å²) in [4.78, 5) is 15.3. The van der Waals surface area contributed by atoms with Crippen molar-refractivity contribution in [3.05, 3.63) is 42.0 Å². The quantitative estimate of drug-likeness (QED) is 0.622. The van der Waals surface area contributed by atoms with E-state index in [1.54, 1.807) is 29.2 Å². The van der Waals surface area contributed by atoms with Gasteiger partial charge in [0, 0.05) is 5.69 Å². The minimum absolute atomic E-state index is 0.405. The SMILES string of the molecule is COC(=O)c1cc(N)cc(Cn2cncn2)c1. The average molecular weight is 232 g/mol. The van der Waals surface area contributed by atoms with E-state index in [-0.39, 0.29) is 0 Å². The largest absolute Gasteiger partial charge is 0.465 e. The molecule has 0 spiro atoms. The second kappa shape index (κ2) is 4.65. The van der Waals surface area contributed by atoms with Crippen molar-refractivity contribution in [1.29, 1.82) is 0 Å². The summed E-state index contributed by atoms with van der Waals surface area (Å²) < 4.78 is 6.30. The minimum atomic E-state index is -0.405. The highest BCUT2D eigenvalue weighted by atomic mass is 16.5. The smallest absolute Gasteiger partial charge is 0.337 e. The van der Waals surface area contributed by atoms with Gasteiger partial charge in [0.25, 0.3) is 0 Å². The molecule has 0 atom stereocenters. The van der Waals surface area contributed by atoms with Gasteiger partial charge in [0.1, 0.15) is 12.7 Å². The summed E-state index contributed by atoms with van der Waals surface area (Å²) in [7, 11) is 1.34. The van der Waals surface area contributed by atoms with E-state index in [9.17, 15) is 4.79 Å². The van der Waals surface area contributed by atoms with Crippen LogP contribution in [-0.4, -0.2) is 27.8 Å². The summed E-state index contributed by atoms with van der Waals surface area (Å²) in [6, 6.07) is 5.09. The summed E-state index contributed by atoms with van der Waals surface area (Å²) in [6.45, 7) is 0.509. The molecule has 1 aromatic heterocycles. The third-order valence-electron chi connectivity index (χ3n) is 2.25. The lowest BCUT2D eigenvalue weighted by Gasteiger charge is -2.06. The first kappa shape index (κ1) is 11.1. The fourth-order valence-corrected chi connectivity index (χ4v) is 1.55. The minimum Gasteiger partial charge on any atom is -0.465 e. The first-order valence-electron chi connectivity index (χ1n) is 4.99. The van der Waals surface area contributed by atoms with Crippen molar-refractivity contribution in [3.63, 3.8) is 0 Å². The number of aromatic nitrogens is 3. The normalized spacial score (nSPS) is 10.2. The van der Waals surface area contributed by atoms with Crippen molar-refractivity contribution >= 4 is 11.7 Å². The van der Waals surface area contributed by atoms with Gasteiger partial charge < -0.3 is 10.5 Å². The zero-order valence-electron chi connectivity index (χ0n) is 9.33. The molecule has 0 amide bonds. The molecule has 17 heavy (non-hydrogen) atoms. The monoisotopic (exact) mass is 232 g/mol. The fraction of sp³-hybridized carbons (Fsp3) is 0.182. The standard InChI is InChI=1S/C11H12N4O2/c1-17-11(16)9-2-8(3-10(12)4-9)5-15-7-13-6-14-15/h2-4,6-7H,5,12H2,1H3. The number of anilines is 1. The Bertz CT molecular complexity index is 522. The van der Waals surface area contributed by atoms with Crippen molar-refractivity contribution < 1.29 is 9.53 Å². The van der Waals surface area contributed by atoms with Crippen LogP contribution in [0.2, 0.25) is 0 Å². The second-order valence-corrected chi connectivity index (χ2v) is 3.55. The van der Waals surface area contributed by atoms with Crippen molar-refractivity contribution in [2.45, 2.75) is 6.54 Å². The summed E-state index contributed by atoms with van der Waals surface area (Å²) in [5.41, 5.74) is 7.55. The van der Waals surface area contributed by atoms with Crippen molar-refractivity contribution in [2.75, 3.05) is 12.8 Å². The van der Waals surface area contributed by atoms with Gasteiger partial charge in [-0.1, -0.05) is 0 Å². The Labute approximate surface area is 98.0 Å². The lowest BCUT2D eigenvalue weighted by atomic mass is 10.1. The zero-order chi connectivity index (χ0) is 12.3. The number of nitrogens with two attached hydrogens (primary N) is 1. The van der Waals surface area contributed by atoms with Crippen LogP contribution < -0.4 is 5.73 Å². The van der Waals surface area contributed by atoms with Crippen LogP contribution >= 0.6 is 0 Å². The maximum atomic E-state index is 11.4. The highest BCUT2D eigenvalue weighted by molar-refractivity contribution is 5.90. The molecule has 88 valence electrons. The van der Waals surface area contributed by atoms with Crippen LogP contribution in [0.1, 0.15) is 15.9 Å². The van der Waals surface area contributed by atoms with Gasteiger partial charge >= 0.3 is 5.97 Å². The summed E-state index contributed by atoms with van der Waals surface area (Å²) in [5, 5.41) is 3.98. The van der Waals surface area contributed by atoms with E-state index >= 15 is 0 Å². The third-order valence-corrected chi connectivity index (χ3v) is 2.25. The Morgan fingerprint density at radius 3 is 2.94 bits per heavy atom. The van der Waals surface area contributed by atoms with Crippen LogP contribution in [0.3, 0.4) is 0 Å². The third kappa shape index (κ3) is 2.60. The van der Waals surface area contributed by atoms with Crippen LogP contribution in [0, 0.1) is 0 Å². The highest BCUT2D eigenvalue weighted by Crippen LogP contribution is 2.13. The fourth-order valence-electron chi connectivity index (χ4n) is 1.55. The Morgan fingerprint density at radius 1 is 1.47 bits per heavy atom. The molecule has 0 fully saturated rings. The molecule has 0 saturated carbocycles. The second-order valence-electron chi connectivity index (χ2n) is 3.55. The Balaban J connectivity index is 2.28. The number of carbonyl (C=O) groups is 1. The molecule has 6 heteroatoms. The van der Waals surface area contributed by atoms with E-state index in [1.165, 1.54) is 13.4 Å². The highest BCUT2D eigenvalue weighted by Gasteiger charge is 2.08. The van der Waals surface area contributed by atoms with E-state index in [0.29, 0.717) is 17.8 Å². The zero-order valence-corrected chi connectivity index (χ0v) is 9.33. The van der Waals surface area contributed by atoms with Crippen LogP contribution in [0.25, 0.3) is 0 Å². The number of methoxy groups -OCH3 is 1. The number of hydrogen-bond donors (Lipinski definition) is 1. The first-order valence-corrected chi connectivity index (χ1v) is 4.99. The Kier molecular flexibility index (Phi) is 3.04. The van der Waals surface area contributed by atoms with Gasteiger partial charge in [0.2, 0.25) is 0 Å². The average Bonchev–Trinajstić information content (AvgIpc) is 2.80. The summed E-state index contributed by atoms with van der Waals surface area (Å²) in [6.07, 6.45) is 3.05. The van der Waals surface area contributed by atoms with Gasteiger partial charge in [-0.2, -0.15) is 5.10 Å². The molecule has 2 N–H and O–H groups in total. The summed E-state index contributed by atoms with van der Waals surface area (Å²) >= 11 is 0. The Hall–Kier alpha value is -2.37. The molecule has 0 aliphatic rings. The molecule has 2 rings (SSSR count). The van der Waals surface area contributed by atoms with E-state index < -0.39 is 5.97 Å². The molecule has 0 saturated heterocycles. The molecule has 1 heterocycles.